The number of allylic oxidation sites excluding steroid dienone is 2. The minimum Gasteiger partial charge on any atom is -0.331 e. The molecule has 3 aromatic heterocycles. The number of aromatic nitrogens is 2. The largest absolute Gasteiger partial charge is 0.331 e. The third-order valence-electron chi connectivity index (χ3n) is 12.4. The molecule has 0 amide bonds. The van der Waals surface area contributed by atoms with Gasteiger partial charge >= 0.3 is 0 Å². The van der Waals surface area contributed by atoms with Crippen molar-refractivity contribution in [3.63, 3.8) is 0 Å². The van der Waals surface area contributed by atoms with Crippen molar-refractivity contribution in [3.05, 3.63) is 206 Å². The molecule has 58 heavy (non-hydrogen) atoms. The summed E-state index contributed by atoms with van der Waals surface area (Å²) < 4.78 is 4.92. The Balaban J connectivity index is 1.04. The van der Waals surface area contributed by atoms with Crippen LogP contribution in [0.3, 0.4) is 0 Å². The summed E-state index contributed by atoms with van der Waals surface area (Å²) in [6.07, 6.45) is 9.13. The molecule has 12 rings (SSSR count). The smallest absolute Gasteiger partial charge is 0.138 e. The predicted octanol–water partition coefficient (Wildman–Crippen LogP) is 14.7. The number of hydrogen-bond donors (Lipinski definition) is 0. The van der Waals surface area contributed by atoms with E-state index < -0.39 is 0 Å². The van der Waals surface area contributed by atoms with Gasteiger partial charge < -0.3 is 4.90 Å². The van der Waals surface area contributed by atoms with Crippen LogP contribution in [0.15, 0.2) is 200 Å². The average molecular weight is 760 g/mol. The molecule has 0 radical (unpaired) electrons. The summed E-state index contributed by atoms with van der Waals surface area (Å²) in [5.41, 5.74) is 12.8. The maximum absolute atomic E-state index is 5.54. The number of anilines is 2. The first kappa shape index (κ1) is 33.2. The van der Waals surface area contributed by atoms with Gasteiger partial charge in [0.05, 0.1) is 22.3 Å². The fraction of sp³-hybridized carbons (Fsp3) is 0.0556. The topological polar surface area (TPSA) is 21.1 Å². The molecule has 0 bridgehead atoms. The van der Waals surface area contributed by atoms with Crippen LogP contribution in [0, 0.1) is 0 Å². The van der Waals surface area contributed by atoms with Gasteiger partial charge in [-0.15, -0.1) is 11.3 Å². The molecule has 0 fully saturated rings. The van der Waals surface area contributed by atoms with Crippen LogP contribution in [0.25, 0.3) is 81.3 Å². The highest BCUT2D eigenvalue weighted by Gasteiger charge is 2.47. The van der Waals surface area contributed by atoms with Crippen LogP contribution in [0.1, 0.15) is 18.4 Å². The summed E-state index contributed by atoms with van der Waals surface area (Å²) in [6, 6.07) is 64.2. The summed E-state index contributed by atoms with van der Waals surface area (Å²) in [5.74, 6) is 1.15. The molecule has 2 aliphatic rings. The van der Waals surface area contributed by atoms with Crippen LogP contribution < -0.4 is 4.90 Å². The number of thiophene rings is 1. The molecule has 3 nitrogen and oxygen atoms in total. The summed E-state index contributed by atoms with van der Waals surface area (Å²) in [6.45, 7) is 2.36. The zero-order valence-corrected chi connectivity index (χ0v) is 32.7. The maximum Gasteiger partial charge on any atom is 0.138 e. The molecular formula is C54H37N3S. The van der Waals surface area contributed by atoms with Gasteiger partial charge in [-0.05, 0) is 95.4 Å². The van der Waals surface area contributed by atoms with E-state index in [9.17, 15) is 0 Å². The van der Waals surface area contributed by atoms with E-state index in [2.05, 4.69) is 217 Å². The van der Waals surface area contributed by atoms with E-state index in [1.165, 1.54) is 64.6 Å². The van der Waals surface area contributed by atoms with E-state index in [0.29, 0.717) is 0 Å². The van der Waals surface area contributed by atoms with Gasteiger partial charge in [0, 0.05) is 53.8 Å². The van der Waals surface area contributed by atoms with Crippen molar-refractivity contribution < 1.29 is 0 Å². The van der Waals surface area contributed by atoms with Gasteiger partial charge in [0.2, 0.25) is 0 Å². The molecule has 4 heterocycles. The minimum absolute atomic E-state index is 0.183. The molecule has 0 spiro atoms. The lowest BCUT2D eigenvalue weighted by atomic mass is 9.80. The maximum atomic E-state index is 5.54. The van der Waals surface area contributed by atoms with E-state index in [-0.39, 0.29) is 11.5 Å². The molecule has 2 atom stereocenters. The van der Waals surface area contributed by atoms with Crippen molar-refractivity contribution >= 4 is 64.7 Å². The van der Waals surface area contributed by atoms with Crippen molar-refractivity contribution in [1.82, 2.24) is 9.55 Å². The Bertz CT molecular complexity index is 3320. The predicted molar refractivity (Wildman–Crippen MR) is 246 cm³/mol. The minimum atomic E-state index is -0.183. The fourth-order valence-corrected chi connectivity index (χ4v) is 10.9. The molecular weight excluding hydrogens is 723 g/mol. The number of benzene rings is 7. The first-order valence-corrected chi connectivity index (χ1v) is 20.8. The lowest BCUT2D eigenvalue weighted by molar-refractivity contribution is 0.542. The van der Waals surface area contributed by atoms with E-state index in [4.69, 9.17) is 4.98 Å². The summed E-state index contributed by atoms with van der Waals surface area (Å²) >= 11 is 1.85. The summed E-state index contributed by atoms with van der Waals surface area (Å²) in [7, 11) is 0. The molecule has 7 aromatic carbocycles. The molecule has 0 saturated heterocycles. The quantitative estimate of drug-likeness (QED) is 0.174. The molecule has 4 heteroatoms. The first-order chi connectivity index (χ1) is 28.6. The molecule has 274 valence electrons. The number of rotatable bonds is 5. The third kappa shape index (κ3) is 4.95. The van der Waals surface area contributed by atoms with Crippen LogP contribution in [-0.4, -0.2) is 15.1 Å². The van der Waals surface area contributed by atoms with Gasteiger partial charge in [0.15, 0.2) is 0 Å². The van der Waals surface area contributed by atoms with Crippen LogP contribution in [0.2, 0.25) is 0 Å². The lowest BCUT2D eigenvalue weighted by Gasteiger charge is -2.39. The van der Waals surface area contributed by atoms with Crippen LogP contribution >= 0.6 is 11.3 Å². The van der Waals surface area contributed by atoms with E-state index in [1.54, 1.807) is 0 Å². The number of pyridine rings is 1. The van der Waals surface area contributed by atoms with Crippen LogP contribution in [0.5, 0.6) is 0 Å². The van der Waals surface area contributed by atoms with Crippen LogP contribution in [-0.2, 0) is 0 Å². The van der Waals surface area contributed by atoms with Gasteiger partial charge in [0.25, 0.3) is 0 Å². The Morgan fingerprint density at radius 3 is 2.16 bits per heavy atom. The highest BCUT2D eigenvalue weighted by molar-refractivity contribution is 7.26. The molecule has 2 unspecified atom stereocenters. The standard InChI is InChI=1S/C54H37N3S/c1-54-30-13-12-23-46(54)45-32-37(27-29-50(45)57(54)39-17-6-3-7-18-39)36-26-28-49-44(31-36)40-19-8-10-24-48(40)56(49)52-34-38(35-15-4-2-5-16-35)33-47(55-52)43-22-14-21-42-41-20-9-11-25-51(41)58-53(42)43/h2-34,46H,1H3. The summed E-state index contributed by atoms with van der Waals surface area (Å²) in [4.78, 5) is 8.06. The Morgan fingerprint density at radius 1 is 0.552 bits per heavy atom. The van der Waals surface area contributed by atoms with Crippen molar-refractivity contribution in [2.45, 2.75) is 18.4 Å². The van der Waals surface area contributed by atoms with E-state index in [1.807, 2.05) is 11.3 Å². The van der Waals surface area contributed by atoms with Crippen LogP contribution in [0.4, 0.5) is 11.4 Å². The number of hydrogen-bond acceptors (Lipinski definition) is 3. The first-order valence-electron chi connectivity index (χ1n) is 20.0. The second kappa shape index (κ2) is 12.8. The number of nitrogens with zero attached hydrogens (tertiary/aromatic N) is 3. The van der Waals surface area contributed by atoms with Gasteiger partial charge in [-0.3, -0.25) is 4.57 Å². The Hall–Kier alpha value is -7.01. The highest BCUT2D eigenvalue weighted by atomic mass is 32.1. The second-order valence-corrected chi connectivity index (χ2v) is 16.8. The fourth-order valence-electron chi connectivity index (χ4n) is 9.71. The molecule has 1 aliphatic heterocycles. The Morgan fingerprint density at radius 2 is 1.28 bits per heavy atom. The lowest BCUT2D eigenvalue weighted by Crippen LogP contribution is -2.41. The van der Waals surface area contributed by atoms with Gasteiger partial charge in [-0.2, -0.15) is 0 Å². The van der Waals surface area contributed by atoms with Crippen molar-refractivity contribution in [1.29, 1.82) is 0 Å². The molecule has 10 aromatic rings. The normalized spacial score (nSPS) is 17.1. The second-order valence-electron chi connectivity index (χ2n) is 15.7. The van der Waals surface area contributed by atoms with Crippen molar-refractivity contribution in [2.24, 2.45) is 0 Å². The van der Waals surface area contributed by atoms with Gasteiger partial charge in [0.1, 0.15) is 5.82 Å². The van der Waals surface area contributed by atoms with Gasteiger partial charge in [-0.1, -0.05) is 140 Å². The number of fused-ring (bicyclic) bond motifs is 9. The zero-order valence-electron chi connectivity index (χ0n) is 31.9. The van der Waals surface area contributed by atoms with Crippen molar-refractivity contribution in [3.8, 4) is 39.3 Å². The summed E-state index contributed by atoms with van der Waals surface area (Å²) in [5, 5.41) is 4.99. The molecule has 0 N–H and O–H groups in total. The average Bonchev–Trinajstić information content (AvgIpc) is 3.91. The monoisotopic (exact) mass is 759 g/mol. The Labute approximate surface area is 341 Å². The van der Waals surface area contributed by atoms with E-state index >= 15 is 0 Å². The third-order valence-corrected chi connectivity index (χ3v) is 13.6. The van der Waals surface area contributed by atoms with E-state index in [0.717, 1.165) is 33.7 Å². The van der Waals surface area contributed by atoms with Crippen molar-refractivity contribution in [2.75, 3.05) is 4.90 Å². The Kier molecular flexibility index (Phi) is 7.29. The van der Waals surface area contributed by atoms with Gasteiger partial charge in [-0.25, -0.2) is 4.98 Å². The molecule has 0 saturated carbocycles. The highest BCUT2D eigenvalue weighted by Crippen LogP contribution is 2.54. The molecule has 1 aliphatic carbocycles. The SMILES string of the molecule is CC12C=CC=CC1c1cc(-c3ccc4c(c3)c3ccccc3n4-c3cc(-c4ccccc4)cc(-c4cccc5c4sc4ccccc45)n3)ccc1N2c1ccccc1. The number of para-hydroxylation sites is 2. The zero-order chi connectivity index (χ0) is 38.4.